The van der Waals surface area contributed by atoms with Crippen LogP contribution in [-0.4, -0.2) is 42.6 Å². The summed E-state index contributed by atoms with van der Waals surface area (Å²) in [5.74, 6) is 0.595. The molecule has 0 fully saturated rings. The number of amides is 2. The van der Waals surface area contributed by atoms with Gasteiger partial charge in [0.1, 0.15) is 6.26 Å². The summed E-state index contributed by atoms with van der Waals surface area (Å²) in [6.07, 6.45) is 2.43. The van der Waals surface area contributed by atoms with Crippen molar-refractivity contribution in [3.8, 4) is 0 Å². The van der Waals surface area contributed by atoms with Gasteiger partial charge in [-0.2, -0.15) is 0 Å². The SMILES string of the molecule is Cc1nc(CNC(=O)NCC(Cc2ccccc2)N(C)C)co1. The number of hydrogen-bond acceptors (Lipinski definition) is 4. The highest BCUT2D eigenvalue weighted by atomic mass is 16.3. The summed E-state index contributed by atoms with van der Waals surface area (Å²) in [5.41, 5.74) is 1.97. The first-order valence-corrected chi connectivity index (χ1v) is 7.67. The van der Waals surface area contributed by atoms with E-state index in [0.717, 1.165) is 6.42 Å². The van der Waals surface area contributed by atoms with E-state index in [-0.39, 0.29) is 12.1 Å². The third-order valence-electron chi connectivity index (χ3n) is 3.64. The third-order valence-corrected chi connectivity index (χ3v) is 3.64. The molecule has 1 unspecified atom stereocenters. The van der Waals surface area contributed by atoms with Crippen molar-refractivity contribution in [3.63, 3.8) is 0 Å². The van der Waals surface area contributed by atoms with Crippen LogP contribution in [0.1, 0.15) is 17.1 Å². The zero-order valence-corrected chi connectivity index (χ0v) is 13.9. The molecule has 2 aromatic rings. The van der Waals surface area contributed by atoms with Crippen LogP contribution in [0.2, 0.25) is 0 Å². The lowest BCUT2D eigenvalue weighted by molar-refractivity contribution is 0.231. The van der Waals surface area contributed by atoms with Crippen molar-refractivity contribution in [1.82, 2.24) is 20.5 Å². The standard InChI is InChI=1S/C17H24N4O2/c1-13-20-15(12-23-13)10-18-17(22)19-11-16(21(2)3)9-14-7-5-4-6-8-14/h4-8,12,16H,9-11H2,1-3H3,(H2,18,19,22). The first-order chi connectivity index (χ1) is 11.0. The van der Waals surface area contributed by atoms with Crippen molar-refractivity contribution in [1.29, 1.82) is 0 Å². The molecule has 0 aliphatic heterocycles. The largest absolute Gasteiger partial charge is 0.449 e. The van der Waals surface area contributed by atoms with Crippen molar-refractivity contribution in [3.05, 3.63) is 53.7 Å². The van der Waals surface area contributed by atoms with Crippen molar-refractivity contribution in [2.75, 3.05) is 20.6 Å². The van der Waals surface area contributed by atoms with Crippen LogP contribution in [0.4, 0.5) is 4.79 Å². The van der Waals surface area contributed by atoms with Crippen LogP contribution in [0.15, 0.2) is 41.0 Å². The van der Waals surface area contributed by atoms with Gasteiger partial charge in [-0.25, -0.2) is 9.78 Å². The molecule has 1 aromatic carbocycles. The molecule has 0 aliphatic carbocycles. The van der Waals surface area contributed by atoms with Gasteiger partial charge in [-0.05, 0) is 26.1 Å². The number of rotatable bonds is 7. The number of aryl methyl sites for hydroxylation is 1. The molecule has 0 radical (unpaired) electrons. The lowest BCUT2D eigenvalue weighted by atomic mass is 10.1. The Kier molecular flexibility index (Phi) is 6.17. The quantitative estimate of drug-likeness (QED) is 0.819. The highest BCUT2D eigenvalue weighted by Crippen LogP contribution is 2.06. The van der Waals surface area contributed by atoms with Gasteiger partial charge in [0.25, 0.3) is 0 Å². The summed E-state index contributed by atoms with van der Waals surface area (Å²) in [7, 11) is 4.04. The Bertz CT molecular complexity index is 610. The summed E-state index contributed by atoms with van der Waals surface area (Å²) in [6, 6.07) is 10.3. The second-order valence-corrected chi connectivity index (χ2v) is 5.73. The minimum Gasteiger partial charge on any atom is -0.449 e. The number of hydrogen-bond donors (Lipinski definition) is 2. The highest BCUT2D eigenvalue weighted by molar-refractivity contribution is 5.73. The van der Waals surface area contributed by atoms with Crippen LogP contribution in [-0.2, 0) is 13.0 Å². The topological polar surface area (TPSA) is 70.4 Å². The zero-order valence-electron chi connectivity index (χ0n) is 13.9. The molecule has 2 N–H and O–H groups in total. The summed E-state index contributed by atoms with van der Waals surface area (Å²) < 4.78 is 5.10. The summed E-state index contributed by atoms with van der Waals surface area (Å²) in [5, 5.41) is 5.69. The van der Waals surface area contributed by atoms with Crippen LogP contribution in [0.25, 0.3) is 0 Å². The van der Waals surface area contributed by atoms with Gasteiger partial charge in [0.2, 0.25) is 0 Å². The van der Waals surface area contributed by atoms with Crippen LogP contribution >= 0.6 is 0 Å². The van der Waals surface area contributed by atoms with Gasteiger partial charge in [-0.1, -0.05) is 30.3 Å². The summed E-state index contributed by atoms with van der Waals surface area (Å²) >= 11 is 0. The molecule has 2 amide bonds. The number of carbonyl (C=O) groups is 1. The summed E-state index contributed by atoms with van der Waals surface area (Å²) in [4.78, 5) is 18.2. The van der Waals surface area contributed by atoms with Gasteiger partial charge in [-0.3, -0.25) is 0 Å². The van der Waals surface area contributed by atoms with Crippen LogP contribution in [0, 0.1) is 6.92 Å². The molecule has 0 saturated carbocycles. The maximum Gasteiger partial charge on any atom is 0.315 e. The van der Waals surface area contributed by atoms with Crippen molar-refractivity contribution in [2.45, 2.75) is 25.9 Å². The number of urea groups is 1. The molecule has 6 nitrogen and oxygen atoms in total. The number of benzene rings is 1. The number of carbonyl (C=O) groups excluding carboxylic acids is 1. The molecule has 1 atom stereocenters. The van der Waals surface area contributed by atoms with Gasteiger partial charge in [-0.15, -0.1) is 0 Å². The molecule has 0 aliphatic rings. The monoisotopic (exact) mass is 316 g/mol. The maximum atomic E-state index is 11.9. The van der Waals surface area contributed by atoms with E-state index in [1.165, 1.54) is 5.56 Å². The van der Waals surface area contributed by atoms with E-state index in [4.69, 9.17) is 4.42 Å². The number of nitrogens with zero attached hydrogens (tertiary/aromatic N) is 2. The lowest BCUT2D eigenvalue weighted by Crippen LogP contribution is -2.45. The zero-order chi connectivity index (χ0) is 16.7. The van der Waals surface area contributed by atoms with E-state index in [1.54, 1.807) is 13.2 Å². The van der Waals surface area contributed by atoms with Gasteiger partial charge in [0.05, 0.1) is 12.2 Å². The third kappa shape index (κ3) is 5.75. The van der Waals surface area contributed by atoms with Crippen molar-refractivity contribution >= 4 is 6.03 Å². The first kappa shape index (κ1) is 17.0. The van der Waals surface area contributed by atoms with Gasteiger partial charge in [0, 0.05) is 19.5 Å². The fourth-order valence-electron chi connectivity index (χ4n) is 2.26. The van der Waals surface area contributed by atoms with Crippen LogP contribution in [0.3, 0.4) is 0 Å². The lowest BCUT2D eigenvalue weighted by Gasteiger charge is -2.24. The molecule has 23 heavy (non-hydrogen) atoms. The Morgan fingerprint density at radius 1 is 1.26 bits per heavy atom. The Balaban J connectivity index is 1.77. The van der Waals surface area contributed by atoms with E-state index >= 15 is 0 Å². The number of nitrogens with one attached hydrogen (secondary N) is 2. The van der Waals surface area contributed by atoms with E-state index in [0.29, 0.717) is 24.7 Å². The van der Waals surface area contributed by atoms with Crippen molar-refractivity contribution in [2.24, 2.45) is 0 Å². The van der Waals surface area contributed by atoms with E-state index in [1.807, 2.05) is 32.3 Å². The highest BCUT2D eigenvalue weighted by Gasteiger charge is 2.13. The minimum absolute atomic E-state index is 0.203. The predicted octanol–water partition coefficient (Wildman–Crippen LogP) is 1.96. The fraction of sp³-hybridized carbons (Fsp3) is 0.412. The number of aromatic nitrogens is 1. The summed E-state index contributed by atoms with van der Waals surface area (Å²) in [6.45, 7) is 2.70. The van der Waals surface area contributed by atoms with Crippen LogP contribution in [0.5, 0.6) is 0 Å². The van der Waals surface area contributed by atoms with Gasteiger partial charge < -0.3 is 20.0 Å². The fourth-order valence-corrected chi connectivity index (χ4v) is 2.26. The van der Waals surface area contributed by atoms with Crippen molar-refractivity contribution < 1.29 is 9.21 Å². The number of oxazole rings is 1. The second-order valence-electron chi connectivity index (χ2n) is 5.73. The first-order valence-electron chi connectivity index (χ1n) is 7.67. The Hall–Kier alpha value is -2.34. The van der Waals surface area contributed by atoms with Gasteiger partial charge in [0.15, 0.2) is 5.89 Å². The molecule has 0 spiro atoms. The molecule has 0 saturated heterocycles. The average molecular weight is 316 g/mol. The van der Waals surface area contributed by atoms with Crippen LogP contribution < -0.4 is 10.6 Å². The molecular weight excluding hydrogens is 292 g/mol. The molecule has 0 bridgehead atoms. The Labute approximate surface area is 136 Å². The maximum absolute atomic E-state index is 11.9. The van der Waals surface area contributed by atoms with E-state index < -0.39 is 0 Å². The average Bonchev–Trinajstić information content (AvgIpc) is 2.95. The predicted molar refractivity (Wildman–Crippen MR) is 89.1 cm³/mol. The molecule has 1 aromatic heterocycles. The van der Waals surface area contributed by atoms with E-state index in [2.05, 4.69) is 32.7 Å². The van der Waals surface area contributed by atoms with E-state index in [9.17, 15) is 4.79 Å². The minimum atomic E-state index is -0.203. The molecular formula is C17H24N4O2. The normalized spacial score (nSPS) is 12.2. The van der Waals surface area contributed by atoms with Gasteiger partial charge >= 0.3 is 6.03 Å². The molecule has 124 valence electrons. The Morgan fingerprint density at radius 2 is 2.00 bits per heavy atom. The molecule has 6 heteroatoms. The second kappa shape index (κ2) is 8.33. The number of likely N-dealkylation sites (N-methyl/N-ethyl adjacent to an activating group) is 1. The molecule has 1 heterocycles. The smallest absolute Gasteiger partial charge is 0.315 e. The Morgan fingerprint density at radius 3 is 2.61 bits per heavy atom. The molecule has 2 rings (SSSR count).